The maximum atomic E-state index is 9.47. The number of benzene rings is 11. The van der Waals surface area contributed by atoms with E-state index in [2.05, 4.69) is 103 Å². The maximum Gasteiger partial charge on any atom is 0.268 e. The van der Waals surface area contributed by atoms with Crippen LogP contribution in [0.5, 0.6) is 11.5 Å². The predicted octanol–water partition coefficient (Wildman–Crippen LogP) is 19.2. The first-order valence-electron chi connectivity index (χ1n) is 33.4. The van der Waals surface area contributed by atoms with Gasteiger partial charge in [-0.15, -0.1) is 29.7 Å². The van der Waals surface area contributed by atoms with Crippen molar-refractivity contribution in [2.24, 2.45) is 0 Å². The fourth-order valence-electron chi connectivity index (χ4n) is 12.7. The minimum Gasteiger partial charge on any atom is -0.510 e. The molecule has 0 saturated heterocycles. The van der Waals surface area contributed by atoms with Gasteiger partial charge in [-0.2, -0.15) is 18.2 Å². The van der Waals surface area contributed by atoms with Crippen molar-refractivity contribution in [3.63, 3.8) is 0 Å². The van der Waals surface area contributed by atoms with E-state index in [1.165, 1.54) is 18.2 Å². The van der Waals surface area contributed by atoms with Crippen LogP contribution in [-0.4, -0.2) is 18.7 Å². The van der Waals surface area contributed by atoms with E-state index in [4.69, 9.17) is 22.1 Å². The summed E-state index contributed by atoms with van der Waals surface area (Å²) in [7, 11) is 0. The van der Waals surface area contributed by atoms with Gasteiger partial charge in [-0.1, -0.05) is 190 Å². The minimum atomic E-state index is -2.81. The van der Waals surface area contributed by atoms with Crippen molar-refractivity contribution < 1.29 is 45.4 Å². The smallest absolute Gasteiger partial charge is 0.268 e. The molecule has 0 aliphatic carbocycles. The monoisotopic (exact) mass is 1280 g/mol. The molecule has 6 nitrogen and oxygen atoms in total. The normalized spacial score (nSPS) is 14.1. The van der Waals surface area contributed by atoms with Crippen LogP contribution in [0.25, 0.3) is 133 Å². The maximum absolute atomic E-state index is 9.47. The molecule has 0 radical (unpaired) electrons. The van der Waals surface area contributed by atoms with Crippen LogP contribution in [0.1, 0.15) is 52.5 Å². The standard InChI is InChI=1S/C78H55N5O.Pt/c1-49-21-17-22-50(2)74(49)66-35-20-34-65-64-33-19-32-57(51-23-7-6-8-24-51)75(64)63-31-10-9-27-58(63)67-45-54(82-68-36-14-11-28-59(68)60-29-12-15-37-69(60)82)46-72-77(67)81(76(65)66)48-80(72)53-25-18-26-55(44-53)84-56-39-40-62-61-30-13-16-38-70(61)83(71(62)47-56)73-43-52(41-42-79-73)78(3,4)5;/h6-43,45-46H,1-5H3;/q-2;/i1D3,2D3,6D,7D,8D,23D,24D;. The zero-order valence-electron chi connectivity index (χ0n) is 57.2. The largest absolute Gasteiger partial charge is 0.510 e. The summed E-state index contributed by atoms with van der Waals surface area (Å²) < 4.78 is 115. The van der Waals surface area contributed by atoms with Crippen LogP contribution in [0.15, 0.2) is 243 Å². The molecule has 1 aliphatic rings. The van der Waals surface area contributed by atoms with Gasteiger partial charge in [0.1, 0.15) is 5.82 Å². The van der Waals surface area contributed by atoms with Gasteiger partial charge in [-0.05, 0) is 145 Å². The number of para-hydroxylation sites is 4. The molecule has 15 aromatic rings. The first-order valence-corrected chi connectivity index (χ1v) is 27.9. The number of aromatic nitrogens is 5. The van der Waals surface area contributed by atoms with E-state index in [1.807, 2.05) is 125 Å². The van der Waals surface area contributed by atoms with Crippen molar-refractivity contribution in [2.75, 3.05) is 0 Å². The van der Waals surface area contributed by atoms with E-state index in [1.54, 1.807) is 24.3 Å². The van der Waals surface area contributed by atoms with Crippen LogP contribution < -0.4 is 9.30 Å². The molecule has 11 aromatic carbocycles. The van der Waals surface area contributed by atoms with Crippen molar-refractivity contribution >= 4 is 54.6 Å². The molecule has 410 valence electrons. The number of aryl methyl sites for hydroxylation is 2. The predicted molar refractivity (Wildman–Crippen MR) is 343 cm³/mol. The van der Waals surface area contributed by atoms with Crippen LogP contribution >= 0.6 is 0 Å². The summed E-state index contributed by atoms with van der Waals surface area (Å²) in [4.78, 5) is 4.89. The van der Waals surface area contributed by atoms with Gasteiger partial charge in [0.25, 0.3) is 6.33 Å². The van der Waals surface area contributed by atoms with Crippen molar-refractivity contribution in [1.29, 1.82) is 0 Å². The molecule has 0 atom stereocenters. The van der Waals surface area contributed by atoms with E-state index in [0.717, 1.165) is 60.7 Å². The van der Waals surface area contributed by atoms with Crippen molar-refractivity contribution in [1.82, 2.24) is 18.7 Å². The Morgan fingerprint density at radius 2 is 1.12 bits per heavy atom. The van der Waals surface area contributed by atoms with Crippen LogP contribution in [-0.2, 0) is 26.5 Å². The topological polar surface area (TPSA) is 40.8 Å². The Balaban J connectivity index is 0.00000756. The van der Waals surface area contributed by atoms with Crippen molar-refractivity contribution in [3.05, 3.63) is 278 Å². The zero-order valence-corrected chi connectivity index (χ0v) is 48.4. The molecule has 0 fully saturated rings. The van der Waals surface area contributed by atoms with Crippen molar-refractivity contribution in [3.8, 4) is 90.0 Å². The summed E-state index contributed by atoms with van der Waals surface area (Å²) in [5, 5.41) is 4.05. The SMILES string of the molecule is [2H]c1c([2H])c([2H])c(-c2cccc3c2-c2ccccc2-c2cc(-n4c5ccccc5c5ccccc54)cc4c2[n+]([c-]n4-c2[c-]c(Oc4[c-]c5c(cc4)c4ccccc4n5-c4cc(C(C)(C)C)ccn4)ccc2)-c2c-3cccc2-c2c(C([2H])([2H])[2H])cccc2C([2H])([2H])[2H])c([2H])c1[2H].[Pt]. The number of hydrogen-bond donors (Lipinski definition) is 0. The number of imidazole rings is 1. The van der Waals surface area contributed by atoms with Crippen LogP contribution in [0.4, 0.5) is 0 Å². The van der Waals surface area contributed by atoms with E-state index in [9.17, 15) is 2.74 Å². The van der Waals surface area contributed by atoms with Crippen LogP contribution in [0.2, 0.25) is 0 Å². The van der Waals surface area contributed by atoms with Gasteiger partial charge >= 0.3 is 0 Å². The summed E-state index contributed by atoms with van der Waals surface area (Å²) in [5.74, 6) is 1.52. The first-order chi connectivity index (χ1) is 45.6. The third-order valence-corrected chi connectivity index (χ3v) is 16.4. The second-order valence-electron chi connectivity index (χ2n) is 22.3. The number of hydrogen-bond acceptors (Lipinski definition) is 2. The van der Waals surface area contributed by atoms with Gasteiger partial charge in [-0.3, -0.25) is 4.57 Å². The number of nitrogens with zero attached hydrogens (tertiary/aromatic N) is 5. The Bertz CT molecular complexity index is 5640. The summed E-state index contributed by atoms with van der Waals surface area (Å²) in [5.41, 5.74) is 11.1. The van der Waals surface area contributed by atoms with E-state index >= 15 is 0 Å². The second kappa shape index (κ2) is 20.2. The molecule has 1 aliphatic heterocycles. The second-order valence-corrected chi connectivity index (χ2v) is 22.3. The van der Waals surface area contributed by atoms with Gasteiger partial charge < -0.3 is 18.4 Å². The molecule has 0 amide bonds. The molecule has 4 aromatic heterocycles. The molecule has 0 bridgehead atoms. The molecule has 7 heteroatoms. The van der Waals surface area contributed by atoms with Gasteiger partial charge in [-0.25, -0.2) is 4.98 Å². The average molecular weight is 1280 g/mol. The Kier molecular flexibility index (Phi) is 9.78. The van der Waals surface area contributed by atoms with Gasteiger partial charge in [0.15, 0.2) is 0 Å². The Morgan fingerprint density at radius 3 is 1.85 bits per heavy atom. The number of pyridine rings is 1. The molecule has 0 unspecified atom stereocenters. The Hall–Kier alpha value is -9.87. The van der Waals surface area contributed by atoms with E-state index in [0.29, 0.717) is 72.9 Å². The molecular formula is C78H55N5OPt-2. The van der Waals surface area contributed by atoms with Gasteiger partial charge in [0.05, 0.1) is 34.6 Å². The third kappa shape index (κ3) is 8.33. The van der Waals surface area contributed by atoms with E-state index < -0.39 is 43.9 Å². The number of fused-ring (bicyclic) bond motifs is 13. The molecule has 0 spiro atoms. The Morgan fingerprint density at radius 1 is 0.506 bits per heavy atom. The molecule has 0 saturated carbocycles. The first kappa shape index (κ1) is 41.2. The molecular weight excluding hydrogens is 1220 g/mol. The fraction of sp³-hybridized carbons (Fsp3) is 0.0769. The number of ether oxygens (including phenoxy) is 1. The summed E-state index contributed by atoms with van der Waals surface area (Å²) in [6.45, 7) is 0.911. The minimum absolute atomic E-state index is 0. The van der Waals surface area contributed by atoms with E-state index in [-0.39, 0.29) is 54.3 Å². The van der Waals surface area contributed by atoms with Crippen LogP contribution in [0.3, 0.4) is 0 Å². The summed E-state index contributed by atoms with van der Waals surface area (Å²) in [6.07, 6.45) is 5.64. The molecule has 5 heterocycles. The molecule has 16 rings (SSSR count). The van der Waals surface area contributed by atoms with Gasteiger partial charge in [0, 0.05) is 69.0 Å². The third-order valence-electron chi connectivity index (χ3n) is 16.4. The summed E-state index contributed by atoms with van der Waals surface area (Å²) >= 11 is 0. The van der Waals surface area contributed by atoms with Crippen LogP contribution in [0, 0.1) is 32.2 Å². The van der Waals surface area contributed by atoms with Crippen molar-refractivity contribution in [2.45, 2.75) is 39.9 Å². The van der Waals surface area contributed by atoms with Gasteiger partial charge in [0.2, 0.25) is 0 Å². The Labute approximate surface area is 523 Å². The summed E-state index contributed by atoms with van der Waals surface area (Å²) in [6, 6.07) is 70.4. The fourth-order valence-corrected chi connectivity index (χ4v) is 12.7. The average Bonchev–Trinajstić information content (AvgIpc) is 1.54. The quantitative estimate of drug-likeness (QED) is 0.118. The number of rotatable bonds is 7. The molecule has 0 N–H and O–H groups in total. The molecule has 85 heavy (non-hydrogen) atoms. The zero-order chi connectivity index (χ0) is 65.7.